The lowest BCUT2D eigenvalue weighted by atomic mass is 10.1. The first kappa shape index (κ1) is 14.5. The van der Waals surface area contributed by atoms with Crippen molar-refractivity contribution < 1.29 is 9.13 Å². The molecule has 1 heterocycles. The zero-order valence-electron chi connectivity index (χ0n) is 11.8. The number of methoxy groups -OCH3 is 1. The van der Waals surface area contributed by atoms with Crippen LogP contribution in [0.2, 0.25) is 5.15 Å². The van der Waals surface area contributed by atoms with E-state index in [4.69, 9.17) is 16.3 Å². The zero-order valence-corrected chi connectivity index (χ0v) is 12.6. The lowest BCUT2D eigenvalue weighted by Crippen LogP contribution is -2.03. The summed E-state index contributed by atoms with van der Waals surface area (Å²) in [6.07, 6.45) is 0. The van der Waals surface area contributed by atoms with Crippen molar-refractivity contribution >= 4 is 28.2 Å². The fourth-order valence-electron chi connectivity index (χ4n) is 2.15. The van der Waals surface area contributed by atoms with Crippen LogP contribution in [0.4, 0.5) is 10.2 Å². The van der Waals surface area contributed by atoms with Gasteiger partial charge in [-0.25, -0.2) is 4.39 Å². The number of fused-ring (bicyclic) bond motifs is 1. The molecule has 0 spiro atoms. The lowest BCUT2D eigenvalue weighted by Gasteiger charge is -2.09. The van der Waals surface area contributed by atoms with Gasteiger partial charge in [0.05, 0.1) is 7.11 Å². The summed E-state index contributed by atoms with van der Waals surface area (Å²) in [5.41, 5.74) is 1.04. The van der Waals surface area contributed by atoms with E-state index < -0.39 is 0 Å². The predicted molar refractivity (Wildman–Crippen MR) is 84.8 cm³/mol. The van der Waals surface area contributed by atoms with Gasteiger partial charge in [0.25, 0.3) is 0 Å². The highest BCUT2D eigenvalue weighted by Crippen LogP contribution is 2.27. The maximum Gasteiger partial charge on any atom is 0.159 e. The molecular weight excluding hydrogens is 305 g/mol. The van der Waals surface area contributed by atoms with E-state index in [2.05, 4.69) is 15.5 Å². The van der Waals surface area contributed by atoms with Gasteiger partial charge in [0.1, 0.15) is 11.6 Å². The number of ether oxygens (including phenoxy) is 1. The summed E-state index contributed by atoms with van der Waals surface area (Å²) in [4.78, 5) is 0. The molecule has 1 aromatic heterocycles. The first-order chi connectivity index (χ1) is 10.7. The van der Waals surface area contributed by atoms with Crippen molar-refractivity contribution in [3.8, 4) is 5.75 Å². The number of hydrogen-bond acceptors (Lipinski definition) is 4. The molecule has 0 saturated heterocycles. The average Bonchev–Trinajstić information content (AvgIpc) is 2.54. The largest absolute Gasteiger partial charge is 0.497 e. The molecule has 6 heteroatoms. The lowest BCUT2D eigenvalue weighted by molar-refractivity contribution is 0.414. The number of nitrogens with zero attached hydrogens (tertiary/aromatic N) is 2. The van der Waals surface area contributed by atoms with Crippen LogP contribution < -0.4 is 10.1 Å². The Labute approximate surface area is 131 Å². The molecule has 22 heavy (non-hydrogen) atoms. The van der Waals surface area contributed by atoms with Gasteiger partial charge in [0.2, 0.25) is 0 Å². The second-order valence-corrected chi connectivity index (χ2v) is 5.09. The Morgan fingerprint density at radius 2 is 1.86 bits per heavy atom. The molecule has 0 saturated carbocycles. The SMILES string of the molecule is COc1ccc(CNc2nnc(Cl)c3ccc(F)cc23)cc1. The molecule has 0 aliphatic carbocycles. The number of halogens is 2. The summed E-state index contributed by atoms with van der Waals surface area (Å²) in [6, 6.07) is 12.0. The van der Waals surface area contributed by atoms with Crippen LogP contribution in [-0.2, 0) is 6.54 Å². The Hall–Kier alpha value is -2.40. The minimum atomic E-state index is -0.343. The van der Waals surface area contributed by atoms with Crippen LogP contribution >= 0.6 is 11.6 Å². The Morgan fingerprint density at radius 1 is 1.09 bits per heavy atom. The average molecular weight is 318 g/mol. The minimum absolute atomic E-state index is 0.255. The van der Waals surface area contributed by atoms with E-state index in [0.717, 1.165) is 11.3 Å². The van der Waals surface area contributed by atoms with Gasteiger partial charge in [-0.05, 0) is 35.9 Å². The van der Waals surface area contributed by atoms with Gasteiger partial charge in [-0.1, -0.05) is 23.7 Å². The Kier molecular flexibility index (Phi) is 4.06. The number of rotatable bonds is 4. The van der Waals surface area contributed by atoms with E-state index in [0.29, 0.717) is 23.1 Å². The monoisotopic (exact) mass is 317 g/mol. The Bertz CT molecular complexity index is 808. The molecule has 0 aliphatic rings. The first-order valence-corrected chi connectivity index (χ1v) is 7.03. The summed E-state index contributed by atoms with van der Waals surface area (Å²) in [5.74, 6) is 0.946. The maximum atomic E-state index is 13.5. The number of nitrogens with one attached hydrogen (secondary N) is 1. The summed E-state index contributed by atoms with van der Waals surface area (Å²) in [5, 5.41) is 12.6. The topological polar surface area (TPSA) is 47.0 Å². The number of hydrogen-bond donors (Lipinski definition) is 1. The van der Waals surface area contributed by atoms with Gasteiger partial charge in [0, 0.05) is 17.3 Å². The van der Waals surface area contributed by atoms with E-state index in [-0.39, 0.29) is 11.0 Å². The summed E-state index contributed by atoms with van der Waals surface area (Å²) >= 11 is 5.99. The molecule has 3 aromatic rings. The third-order valence-electron chi connectivity index (χ3n) is 3.32. The van der Waals surface area contributed by atoms with Gasteiger partial charge >= 0.3 is 0 Å². The molecular formula is C16H13ClFN3O. The van der Waals surface area contributed by atoms with Crippen molar-refractivity contribution in [2.45, 2.75) is 6.54 Å². The van der Waals surface area contributed by atoms with Gasteiger partial charge in [-0.15, -0.1) is 10.2 Å². The van der Waals surface area contributed by atoms with Crippen LogP contribution in [0, 0.1) is 5.82 Å². The third kappa shape index (κ3) is 2.94. The fraction of sp³-hybridized carbons (Fsp3) is 0.125. The smallest absolute Gasteiger partial charge is 0.159 e. The highest BCUT2D eigenvalue weighted by Gasteiger charge is 2.09. The zero-order chi connectivity index (χ0) is 15.5. The van der Waals surface area contributed by atoms with Crippen LogP contribution in [0.3, 0.4) is 0 Å². The molecule has 0 aliphatic heterocycles. The quantitative estimate of drug-likeness (QED) is 0.789. The molecule has 0 atom stereocenters. The molecule has 0 unspecified atom stereocenters. The van der Waals surface area contributed by atoms with Crippen molar-refractivity contribution in [3.05, 3.63) is 59.0 Å². The number of aromatic nitrogens is 2. The van der Waals surface area contributed by atoms with Crippen LogP contribution in [0.1, 0.15) is 5.56 Å². The van der Waals surface area contributed by atoms with Crippen molar-refractivity contribution in [2.24, 2.45) is 0 Å². The predicted octanol–water partition coefficient (Wildman–Crippen LogP) is 4.04. The second-order valence-electron chi connectivity index (χ2n) is 4.73. The molecule has 112 valence electrons. The molecule has 0 fully saturated rings. The second kappa shape index (κ2) is 6.15. The number of anilines is 1. The molecule has 2 aromatic carbocycles. The van der Waals surface area contributed by atoms with E-state index in [9.17, 15) is 4.39 Å². The van der Waals surface area contributed by atoms with Crippen LogP contribution in [0.25, 0.3) is 10.8 Å². The van der Waals surface area contributed by atoms with Gasteiger partial charge < -0.3 is 10.1 Å². The van der Waals surface area contributed by atoms with Gasteiger partial charge in [-0.2, -0.15) is 0 Å². The molecule has 4 nitrogen and oxygen atoms in total. The minimum Gasteiger partial charge on any atom is -0.497 e. The third-order valence-corrected chi connectivity index (χ3v) is 3.59. The highest BCUT2D eigenvalue weighted by atomic mass is 35.5. The summed E-state index contributed by atoms with van der Waals surface area (Å²) in [6.45, 7) is 0.534. The summed E-state index contributed by atoms with van der Waals surface area (Å²) in [7, 11) is 1.62. The standard InChI is InChI=1S/C16H13ClFN3O/c1-22-12-5-2-10(3-6-12)9-19-16-14-8-11(18)4-7-13(14)15(17)20-21-16/h2-8H,9H2,1H3,(H,19,21). The van der Waals surface area contributed by atoms with Crippen LogP contribution in [0.15, 0.2) is 42.5 Å². The Balaban J connectivity index is 1.87. The van der Waals surface area contributed by atoms with E-state index >= 15 is 0 Å². The molecule has 0 radical (unpaired) electrons. The van der Waals surface area contributed by atoms with Crippen molar-refractivity contribution in [1.82, 2.24) is 10.2 Å². The van der Waals surface area contributed by atoms with Crippen LogP contribution in [0.5, 0.6) is 5.75 Å². The van der Waals surface area contributed by atoms with Crippen molar-refractivity contribution in [3.63, 3.8) is 0 Å². The van der Waals surface area contributed by atoms with E-state index in [1.54, 1.807) is 13.2 Å². The highest BCUT2D eigenvalue weighted by molar-refractivity contribution is 6.34. The molecule has 0 amide bonds. The molecule has 1 N–H and O–H groups in total. The Morgan fingerprint density at radius 3 is 2.59 bits per heavy atom. The maximum absolute atomic E-state index is 13.5. The van der Waals surface area contributed by atoms with Crippen molar-refractivity contribution in [1.29, 1.82) is 0 Å². The normalized spacial score (nSPS) is 10.7. The van der Waals surface area contributed by atoms with Gasteiger partial charge in [0.15, 0.2) is 11.0 Å². The van der Waals surface area contributed by atoms with E-state index in [1.165, 1.54) is 12.1 Å². The molecule has 3 rings (SSSR count). The van der Waals surface area contributed by atoms with Crippen LogP contribution in [-0.4, -0.2) is 17.3 Å². The first-order valence-electron chi connectivity index (χ1n) is 6.65. The van der Waals surface area contributed by atoms with Gasteiger partial charge in [-0.3, -0.25) is 0 Å². The fourth-order valence-corrected chi connectivity index (χ4v) is 2.36. The van der Waals surface area contributed by atoms with E-state index in [1.807, 2.05) is 24.3 Å². The molecule has 0 bridgehead atoms. The number of benzene rings is 2. The van der Waals surface area contributed by atoms with Crippen molar-refractivity contribution in [2.75, 3.05) is 12.4 Å². The summed E-state index contributed by atoms with van der Waals surface area (Å²) < 4.78 is 18.6.